The Balaban J connectivity index is 1.17. The van der Waals surface area contributed by atoms with Crippen molar-refractivity contribution in [1.82, 2.24) is 9.80 Å². The van der Waals surface area contributed by atoms with Crippen molar-refractivity contribution >= 4 is 28.9 Å². The lowest BCUT2D eigenvalue weighted by molar-refractivity contribution is 0.0722. The highest BCUT2D eigenvalue weighted by Gasteiger charge is 2.36. The van der Waals surface area contributed by atoms with Crippen molar-refractivity contribution in [3.8, 4) is 5.75 Å². The van der Waals surface area contributed by atoms with E-state index < -0.39 is 0 Å². The van der Waals surface area contributed by atoms with E-state index in [1.165, 1.54) is 30.5 Å². The van der Waals surface area contributed by atoms with Crippen molar-refractivity contribution in [2.24, 2.45) is 5.92 Å². The third-order valence-electron chi connectivity index (χ3n) is 7.52. The Labute approximate surface area is 195 Å². The molecule has 31 heavy (non-hydrogen) atoms. The summed E-state index contributed by atoms with van der Waals surface area (Å²) in [6, 6.07) is 12.6. The number of aromatic hydroxyl groups is 1. The zero-order valence-electron chi connectivity index (χ0n) is 17.9. The lowest BCUT2D eigenvalue weighted by Crippen LogP contribution is -2.53. The van der Waals surface area contributed by atoms with E-state index in [0.717, 1.165) is 57.8 Å². The highest BCUT2D eigenvalue weighted by atomic mass is 35.5. The quantitative estimate of drug-likeness (QED) is 0.717. The number of phenols is 1. The van der Waals surface area contributed by atoms with Gasteiger partial charge in [-0.05, 0) is 67.5 Å². The lowest BCUT2D eigenvalue weighted by Gasteiger charge is -2.46. The number of benzene rings is 2. The van der Waals surface area contributed by atoms with E-state index in [1.807, 2.05) is 24.3 Å². The third-order valence-corrected chi connectivity index (χ3v) is 8.33. The smallest absolute Gasteiger partial charge is 0.119 e. The maximum Gasteiger partial charge on any atom is 0.119 e. The largest absolute Gasteiger partial charge is 0.508 e. The molecule has 2 saturated heterocycles. The number of piperazine rings is 1. The maximum absolute atomic E-state index is 10.3. The van der Waals surface area contributed by atoms with Gasteiger partial charge in [-0.3, -0.25) is 9.80 Å². The molecule has 2 aromatic carbocycles. The summed E-state index contributed by atoms with van der Waals surface area (Å²) in [6.45, 7) is 7.54. The Hall–Kier alpha value is -1.46. The molecular weight excluding hydrogens is 429 g/mol. The number of piperidine rings is 1. The van der Waals surface area contributed by atoms with Gasteiger partial charge in [0.05, 0.1) is 15.7 Å². The second-order valence-electron chi connectivity index (χ2n) is 9.23. The Morgan fingerprint density at radius 1 is 0.903 bits per heavy atom. The Kier molecular flexibility index (Phi) is 6.34. The molecule has 2 aliphatic heterocycles. The van der Waals surface area contributed by atoms with E-state index in [1.54, 1.807) is 0 Å². The van der Waals surface area contributed by atoms with Gasteiger partial charge in [-0.2, -0.15) is 0 Å². The van der Waals surface area contributed by atoms with Crippen molar-refractivity contribution in [1.29, 1.82) is 0 Å². The number of phenolic OH excluding ortho intramolecular Hbond substituents is 1. The van der Waals surface area contributed by atoms with Crippen molar-refractivity contribution in [2.75, 3.05) is 50.7 Å². The number of fused-ring (bicyclic) bond motifs is 2. The molecule has 5 rings (SSSR count). The monoisotopic (exact) mass is 459 g/mol. The van der Waals surface area contributed by atoms with Crippen LogP contribution in [0.25, 0.3) is 0 Å². The predicted molar refractivity (Wildman–Crippen MR) is 129 cm³/mol. The van der Waals surface area contributed by atoms with Crippen molar-refractivity contribution in [3.63, 3.8) is 0 Å². The average molecular weight is 460 g/mol. The predicted octanol–water partition coefficient (Wildman–Crippen LogP) is 4.70. The first kappa shape index (κ1) is 21.4. The summed E-state index contributed by atoms with van der Waals surface area (Å²) in [7, 11) is 0. The minimum absolute atomic E-state index is 0.491. The molecule has 0 bridgehead atoms. The molecule has 0 unspecified atom stereocenters. The molecule has 0 amide bonds. The van der Waals surface area contributed by atoms with E-state index in [0.29, 0.717) is 27.8 Å². The molecule has 166 valence electrons. The van der Waals surface area contributed by atoms with Gasteiger partial charge in [0.15, 0.2) is 0 Å². The van der Waals surface area contributed by atoms with E-state index in [4.69, 9.17) is 23.2 Å². The van der Waals surface area contributed by atoms with Crippen LogP contribution >= 0.6 is 23.2 Å². The van der Waals surface area contributed by atoms with E-state index in [2.05, 4.69) is 26.8 Å². The standard InChI is InChI=1S/C25H31Cl2N3O/c26-21-6-2-7-22(25(21)27)30-14-11-28(12-15-30)10-13-29-9-3-5-19-16-20-18(17-23(19)29)4-1-8-24(20)31/h1-2,4,6-8,19,23,31H,3,5,9-17H2/t19-,23-/m0/s1. The van der Waals surface area contributed by atoms with Gasteiger partial charge in [-0.15, -0.1) is 0 Å². The molecule has 0 aromatic heterocycles. The first-order valence-corrected chi connectivity index (χ1v) is 12.3. The summed E-state index contributed by atoms with van der Waals surface area (Å²) in [5, 5.41) is 11.6. The molecular formula is C25H31Cl2N3O. The molecule has 2 aromatic rings. The highest BCUT2D eigenvalue weighted by Crippen LogP contribution is 2.38. The Morgan fingerprint density at radius 3 is 2.55 bits per heavy atom. The van der Waals surface area contributed by atoms with Crippen LogP contribution in [0.2, 0.25) is 10.0 Å². The normalized spacial score (nSPS) is 24.6. The number of nitrogens with zero attached hydrogens (tertiary/aromatic N) is 3. The summed E-state index contributed by atoms with van der Waals surface area (Å²) in [5.74, 6) is 1.17. The molecule has 1 N–H and O–H groups in total. The number of likely N-dealkylation sites (tertiary alicyclic amines) is 1. The van der Waals surface area contributed by atoms with Gasteiger partial charge >= 0.3 is 0 Å². The van der Waals surface area contributed by atoms with Crippen LogP contribution in [-0.2, 0) is 12.8 Å². The first-order chi connectivity index (χ1) is 15.1. The van der Waals surface area contributed by atoms with Crippen LogP contribution in [0.15, 0.2) is 36.4 Å². The summed E-state index contributed by atoms with van der Waals surface area (Å²) in [6.07, 6.45) is 4.66. The fourth-order valence-corrected chi connectivity index (χ4v) is 6.19. The van der Waals surface area contributed by atoms with Crippen molar-refractivity contribution in [3.05, 3.63) is 57.6 Å². The van der Waals surface area contributed by atoms with Crippen LogP contribution in [0, 0.1) is 5.92 Å². The van der Waals surface area contributed by atoms with Gasteiger partial charge in [-0.25, -0.2) is 0 Å². The van der Waals surface area contributed by atoms with Gasteiger partial charge in [0.1, 0.15) is 5.75 Å². The Bertz CT molecular complexity index is 929. The summed E-state index contributed by atoms with van der Waals surface area (Å²) in [4.78, 5) is 7.66. The molecule has 6 heteroatoms. The average Bonchev–Trinajstić information content (AvgIpc) is 2.79. The zero-order chi connectivity index (χ0) is 21.4. The second kappa shape index (κ2) is 9.19. The molecule has 2 fully saturated rings. The molecule has 1 aliphatic carbocycles. The minimum atomic E-state index is 0.491. The van der Waals surface area contributed by atoms with Crippen LogP contribution in [0.4, 0.5) is 5.69 Å². The van der Waals surface area contributed by atoms with Crippen LogP contribution < -0.4 is 4.90 Å². The number of halogens is 2. The van der Waals surface area contributed by atoms with Gasteiger partial charge in [0.2, 0.25) is 0 Å². The van der Waals surface area contributed by atoms with E-state index in [-0.39, 0.29) is 0 Å². The van der Waals surface area contributed by atoms with Gasteiger partial charge in [0.25, 0.3) is 0 Å². The summed E-state index contributed by atoms with van der Waals surface area (Å²) < 4.78 is 0. The molecule has 0 saturated carbocycles. The lowest BCUT2D eigenvalue weighted by atomic mass is 9.75. The van der Waals surface area contributed by atoms with Crippen molar-refractivity contribution < 1.29 is 5.11 Å². The summed E-state index contributed by atoms with van der Waals surface area (Å²) >= 11 is 12.6. The van der Waals surface area contributed by atoms with Crippen LogP contribution in [0.1, 0.15) is 24.0 Å². The maximum atomic E-state index is 10.3. The fraction of sp³-hybridized carbons (Fsp3) is 0.520. The molecule has 0 spiro atoms. The molecule has 2 atom stereocenters. The van der Waals surface area contributed by atoms with Crippen LogP contribution in [-0.4, -0.2) is 66.8 Å². The number of hydrogen-bond acceptors (Lipinski definition) is 4. The number of hydrogen-bond donors (Lipinski definition) is 1. The van der Waals surface area contributed by atoms with Crippen LogP contribution in [0.3, 0.4) is 0 Å². The number of rotatable bonds is 4. The van der Waals surface area contributed by atoms with E-state index >= 15 is 0 Å². The molecule has 4 nitrogen and oxygen atoms in total. The second-order valence-corrected chi connectivity index (χ2v) is 10.0. The van der Waals surface area contributed by atoms with Gasteiger partial charge in [0, 0.05) is 45.3 Å². The van der Waals surface area contributed by atoms with Crippen molar-refractivity contribution in [2.45, 2.75) is 31.7 Å². The SMILES string of the molecule is Oc1cccc2c1C[C@@H]1CCCN(CCN3CCN(c4cccc(Cl)c4Cl)CC3)[C@H]1C2. The topological polar surface area (TPSA) is 30.0 Å². The minimum Gasteiger partial charge on any atom is -0.508 e. The number of anilines is 1. The highest BCUT2D eigenvalue weighted by molar-refractivity contribution is 6.43. The first-order valence-electron chi connectivity index (χ1n) is 11.6. The summed E-state index contributed by atoms with van der Waals surface area (Å²) in [5.41, 5.74) is 3.60. The van der Waals surface area contributed by atoms with Crippen LogP contribution in [0.5, 0.6) is 5.75 Å². The third kappa shape index (κ3) is 4.41. The fourth-order valence-electron chi connectivity index (χ4n) is 5.78. The Morgan fingerprint density at radius 2 is 1.71 bits per heavy atom. The van der Waals surface area contributed by atoms with Gasteiger partial charge in [-0.1, -0.05) is 41.4 Å². The molecule has 3 aliphatic rings. The van der Waals surface area contributed by atoms with Gasteiger partial charge < -0.3 is 10.0 Å². The molecule has 2 heterocycles. The van der Waals surface area contributed by atoms with E-state index in [9.17, 15) is 5.11 Å². The zero-order valence-corrected chi connectivity index (χ0v) is 19.5. The molecule has 0 radical (unpaired) electrons.